The standard InChI is InChI=1S/C39H37N3O3S/c1-4-27-18-11-14-26(3)36(27)42-39(45)35(5-2)46-32-22-13-21-31(25-32)40-38(44)34(41-37(43)29-16-7-6-8-17-29)24-30-20-12-19-28-15-9-10-23-33(28)30/h6-25,35H,4-5H2,1-3H3,(H,40,44)(H,41,43)(H,42,45)/b34-24+. The van der Waals surface area contributed by atoms with Gasteiger partial charge in [-0.2, -0.15) is 0 Å². The molecule has 6 nitrogen and oxygen atoms in total. The smallest absolute Gasteiger partial charge is 0.272 e. The fraction of sp³-hybridized carbons (Fsp3) is 0.154. The van der Waals surface area contributed by atoms with Crippen LogP contribution in [0.4, 0.5) is 11.4 Å². The third-order valence-corrected chi connectivity index (χ3v) is 9.03. The van der Waals surface area contributed by atoms with Gasteiger partial charge in [0, 0.05) is 21.8 Å². The van der Waals surface area contributed by atoms with Crippen LogP contribution in [-0.2, 0) is 16.0 Å². The van der Waals surface area contributed by atoms with E-state index in [1.54, 1.807) is 36.4 Å². The Hall–Kier alpha value is -5.14. The molecule has 0 aliphatic rings. The van der Waals surface area contributed by atoms with E-state index in [1.807, 2.05) is 98.8 Å². The SMILES string of the molecule is CCc1cccc(C)c1NC(=O)C(CC)Sc1cccc(NC(=O)/C(=C\c2cccc3ccccc23)NC(=O)c2ccccc2)c1. The Morgan fingerprint density at radius 2 is 1.50 bits per heavy atom. The molecule has 0 aliphatic carbocycles. The van der Waals surface area contributed by atoms with Crippen molar-refractivity contribution in [3.8, 4) is 0 Å². The number of amides is 3. The summed E-state index contributed by atoms with van der Waals surface area (Å²) in [6.45, 7) is 6.06. The predicted molar refractivity (Wildman–Crippen MR) is 190 cm³/mol. The van der Waals surface area contributed by atoms with Gasteiger partial charge in [0.2, 0.25) is 5.91 Å². The Balaban J connectivity index is 1.37. The Kier molecular flexibility index (Phi) is 10.7. The first kappa shape index (κ1) is 32.3. The summed E-state index contributed by atoms with van der Waals surface area (Å²) in [4.78, 5) is 41.1. The first-order chi connectivity index (χ1) is 22.4. The van der Waals surface area contributed by atoms with Crippen LogP contribution in [0.15, 0.2) is 126 Å². The number of hydrogen-bond donors (Lipinski definition) is 3. The number of fused-ring (bicyclic) bond motifs is 1. The molecule has 0 saturated carbocycles. The maximum atomic E-state index is 13.7. The first-order valence-corrected chi connectivity index (χ1v) is 16.3. The molecule has 1 unspecified atom stereocenters. The Labute approximate surface area is 274 Å². The highest BCUT2D eigenvalue weighted by Gasteiger charge is 2.21. The van der Waals surface area contributed by atoms with Gasteiger partial charge in [-0.25, -0.2) is 0 Å². The minimum absolute atomic E-state index is 0.0603. The van der Waals surface area contributed by atoms with Crippen LogP contribution < -0.4 is 16.0 Å². The van der Waals surface area contributed by atoms with Crippen LogP contribution in [-0.4, -0.2) is 23.0 Å². The fourth-order valence-corrected chi connectivity index (χ4v) is 6.23. The van der Waals surface area contributed by atoms with Crippen molar-refractivity contribution >= 4 is 57.7 Å². The van der Waals surface area contributed by atoms with E-state index >= 15 is 0 Å². The molecule has 3 amide bonds. The maximum absolute atomic E-state index is 13.7. The molecule has 0 radical (unpaired) electrons. The number of rotatable bonds is 11. The number of benzene rings is 5. The molecular formula is C39H37N3O3S. The lowest BCUT2D eigenvalue weighted by atomic mass is 10.0. The van der Waals surface area contributed by atoms with Crippen LogP contribution in [0.1, 0.15) is 47.3 Å². The average molecular weight is 628 g/mol. The van der Waals surface area contributed by atoms with Gasteiger partial charge in [0.25, 0.3) is 11.8 Å². The molecule has 0 aromatic heterocycles. The quantitative estimate of drug-likeness (QED) is 0.101. The average Bonchev–Trinajstić information content (AvgIpc) is 3.08. The van der Waals surface area contributed by atoms with Crippen LogP contribution >= 0.6 is 11.8 Å². The van der Waals surface area contributed by atoms with Crippen molar-refractivity contribution in [2.45, 2.75) is 43.8 Å². The Morgan fingerprint density at radius 1 is 0.783 bits per heavy atom. The molecule has 0 saturated heterocycles. The number of thioether (sulfide) groups is 1. The van der Waals surface area contributed by atoms with E-state index in [1.165, 1.54) is 11.8 Å². The molecule has 5 aromatic rings. The minimum atomic E-state index is -0.462. The van der Waals surface area contributed by atoms with Gasteiger partial charge in [0.1, 0.15) is 5.70 Å². The molecule has 3 N–H and O–H groups in total. The van der Waals surface area contributed by atoms with E-state index in [2.05, 4.69) is 22.9 Å². The molecule has 232 valence electrons. The second kappa shape index (κ2) is 15.2. The summed E-state index contributed by atoms with van der Waals surface area (Å²) in [6, 6.07) is 36.0. The molecule has 0 spiro atoms. The van der Waals surface area contributed by atoms with Crippen LogP contribution in [0.2, 0.25) is 0 Å². The number of nitrogens with one attached hydrogen (secondary N) is 3. The molecule has 0 heterocycles. The van der Waals surface area contributed by atoms with Crippen molar-refractivity contribution in [2.24, 2.45) is 0 Å². The molecule has 46 heavy (non-hydrogen) atoms. The zero-order valence-electron chi connectivity index (χ0n) is 26.2. The van der Waals surface area contributed by atoms with Crippen LogP contribution in [0.5, 0.6) is 0 Å². The van der Waals surface area contributed by atoms with E-state index in [0.29, 0.717) is 17.7 Å². The van der Waals surface area contributed by atoms with Crippen LogP contribution in [0.3, 0.4) is 0 Å². The molecule has 0 bridgehead atoms. The summed E-state index contributed by atoms with van der Waals surface area (Å²) >= 11 is 1.45. The lowest BCUT2D eigenvalue weighted by Crippen LogP contribution is -2.30. The van der Waals surface area contributed by atoms with Gasteiger partial charge in [-0.05, 0) is 83.6 Å². The molecule has 7 heteroatoms. The van der Waals surface area contributed by atoms with Crippen molar-refractivity contribution in [1.29, 1.82) is 0 Å². The monoisotopic (exact) mass is 627 g/mol. The zero-order valence-corrected chi connectivity index (χ0v) is 27.0. The van der Waals surface area contributed by atoms with Crippen molar-refractivity contribution in [2.75, 3.05) is 10.6 Å². The normalized spacial score (nSPS) is 11.9. The number of hydrogen-bond acceptors (Lipinski definition) is 4. The summed E-state index contributed by atoms with van der Waals surface area (Å²) in [6.07, 6.45) is 3.15. The Morgan fingerprint density at radius 3 is 2.28 bits per heavy atom. The van der Waals surface area contributed by atoms with Crippen LogP contribution in [0, 0.1) is 6.92 Å². The summed E-state index contributed by atoms with van der Waals surface area (Å²) in [5.74, 6) is -0.908. The van der Waals surface area contributed by atoms with Gasteiger partial charge < -0.3 is 16.0 Å². The molecule has 0 fully saturated rings. The van der Waals surface area contributed by atoms with Crippen molar-refractivity contribution in [3.05, 3.63) is 143 Å². The number of anilines is 2. The highest BCUT2D eigenvalue weighted by molar-refractivity contribution is 8.00. The lowest BCUT2D eigenvalue weighted by Gasteiger charge is -2.18. The second-order valence-electron chi connectivity index (χ2n) is 10.9. The summed E-state index contributed by atoms with van der Waals surface area (Å²) < 4.78 is 0. The van der Waals surface area contributed by atoms with Crippen LogP contribution in [0.25, 0.3) is 16.8 Å². The first-order valence-electron chi connectivity index (χ1n) is 15.4. The van der Waals surface area contributed by atoms with Crippen molar-refractivity contribution in [3.63, 3.8) is 0 Å². The third kappa shape index (κ3) is 7.92. The van der Waals surface area contributed by atoms with Crippen molar-refractivity contribution in [1.82, 2.24) is 5.32 Å². The third-order valence-electron chi connectivity index (χ3n) is 7.67. The highest BCUT2D eigenvalue weighted by Crippen LogP contribution is 2.30. The Bertz CT molecular complexity index is 1900. The summed E-state index contributed by atoms with van der Waals surface area (Å²) in [5, 5.41) is 10.6. The van der Waals surface area contributed by atoms with Crippen molar-refractivity contribution < 1.29 is 14.4 Å². The number of para-hydroxylation sites is 1. The number of aryl methyl sites for hydroxylation is 2. The van der Waals surface area contributed by atoms with E-state index in [-0.39, 0.29) is 22.8 Å². The van der Waals surface area contributed by atoms with E-state index in [0.717, 1.165) is 44.5 Å². The van der Waals surface area contributed by atoms with E-state index in [9.17, 15) is 14.4 Å². The molecule has 0 aliphatic heterocycles. The predicted octanol–water partition coefficient (Wildman–Crippen LogP) is 8.63. The van der Waals surface area contributed by atoms with Gasteiger partial charge in [0.15, 0.2) is 0 Å². The van der Waals surface area contributed by atoms with Gasteiger partial charge in [-0.15, -0.1) is 11.8 Å². The van der Waals surface area contributed by atoms with Gasteiger partial charge in [0.05, 0.1) is 5.25 Å². The zero-order chi connectivity index (χ0) is 32.5. The minimum Gasteiger partial charge on any atom is -0.325 e. The largest absolute Gasteiger partial charge is 0.325 e. The maximum Gasteiger partial charge on any atom is 0.272 e. The van der Waals surface area contributed by atoms with Gasteiger partial charge in [-0.3, -0.25) is 14.4 Å². The molecular weight excluding hydrogens is 591 g/mol. The fourth-order valence-electron chi connectivity index (χ4n) is 5.21. The molecule has 5 aromatic carbocycles. The number of carbonyl (C=O) groups is 3. The van der Waals surface area contributed by atoms with E-state index < -0.39 is 5.91 Å². The molecule has 5 rings (SSSR count). The summed E-state index contributed by atoms with van der Waals surface area (Å²) in [7, 11) is 0. The molecule has 1 atom stereocenters. The topological polar surface area (TPSA) is 87.3 Å². The van der Waals surface area contributed by atoms with E-state index in [4.69, 9.17) is 0 Å². The van der Waals surface area contributed by atoms with Gasteiger partial charge in [-0.1, -0.05) is 98.8 Å². The van der Waals surface area contributed by atoms with Gasteiger partial charge >= 0.3 is 0 Å². The lowest BCUT2D eigenvalue weighted by molar-refractivity contribution is -0.116. The number of carbonyl (C=O) groups excluding carboxylic acids is 3. The summed E-state index contributed by atoms with van der Waals surface area (Å²) in [5.41, 5.74) is 4.91. The highest BCUT2D eigenvalue weighted by atomic mass is 32.2. The second-order valence-corrected chi connectivity index (χ2v) is 12.2.